The monoisotopic (exact) mass is 411 g/mol. The number of hydrogen-bond acceptors (Lipinski definition) is 5. The molecule has 0 saturated heterocycles. The van der Waals surface area contributed by atoms with Crippen LogP contribution in [0.4, 0.5) is 5.82 Å². The van der Waals surface area contributed by atoms with Crippen LogP contribution >= 0.6 is 27.5 Å². The van der Waals surface area contributed by atoms with E-state index >= 15 is 0 Å². The molecular weight excluding hydrogens is 398 g/mol. The van der Waals surface area contributed by atoms with E-state index in [0.717, 1.165) is 10.0 Å². The normalized spacial score (nSPS) is 12.5. The van der Waals surface area contributed by atoms with Crippen LogP contribution in [0.25, 0.3) is 0 Å². The van der Waals surface area contributed by atoms with Crippen molar-refractivity contribution in [2.75, 3.05) is 25.7 Å². The van der Waals surface area contributed by atoms with Crippen molar-refractivity contribution in [3.05, 3.63) is 45.5 Å². The summed E-state index contributed by atoms with van der Waals surface area (Å²) in [4.78, 5) is 18.1. The van der Waals surface area contributed by atoms with Crippen LogP contribution in [0, 0.1) is 0 Å². The van der Waals surface area contributed by atoms with Gasteiger partial charge in [-0.25, -0.2) is 4.98 Å². The van der Waals surface area contributed by atoms with Crippen LogP contribution in [-0.2, 0) is 11.3 Å². The molecule has 1 N–H and O–H groups in total. The Kier molecular flexibility index (Phi) is 5.23. The third-order valence-corrected chi connectivity index (χ3v) is 4.10. The summed E-state index contributed by atoms with van der Waals surface area (Å²) in [5.74, 6) is 1.58. The number of aromatic nitrogens is 1. The van der Waals surface area contributed by atoms with Crippen molar-refractivity contribution in [1.29, 1.82) is 0 Å². The first kappa shape index (κ1) is 17.0. The maximum absolute atomic E-state index is 12.1. The summed E-state index contributed by atoms with van der Waals surface area (Å²) in [6.45, 7) is 0.957. The molecule has 0 spiro atoms. The van der Waals surface area contributed by atoms with Gasteiger partial charge in [-0.2, -0.15) is 0 Å². The predicted molar refractivity (Wildman–Crippen MR) is 94.5 cm³/mol. The quantitative estimate of drug-likeness (QED) is 0.816. The van der Waals surface area contributed by atoms with Crippen LogP contribution in [0.3, 0.4) is 0 Å². The summed E-state index contributed by atoms with van der Waals surface area (Å²) >= 11 is 9.47. The molecule has 0 saturated carbocycles. The van der Waals surface area contributed by atoms with Crippen LogP contribution < -0.4 is 14.8 Å². The summed E-state index contributed by atoms with van der Waals surface area (Å²) in [6, 6.07) is 7.25. The van der Waals surface area contributed by atoms with Crippen LogP contribution in [0.1, 0.15) is 5.56 Å². The average molecular weight is 413 g/mol. The van der Waals surface area contributed by atoms with Crippen molar-refractivity contribution in [2.24, 2.45) is 0 Å². The molecule has 0 unspecified atom stereocenters. The molecule has 2 aromatic rings. The molecule has 6 nitrogen and oxygen atoms in total. The van der Waals surface area contributed by atoms with Crippen LogP contribution in [0.15, 0.2) is 34.9 Å². The number of ether oxygens (including phenoxy) is 2. The summed E-state index contributed by atoms with van der Waals surface area (Å²) in [5, 5.41) is 3.27. The van der Waals surface area contributed by atoms with Gasteiger partial charge in [-0.15, -0.1) is 0 Å². The van der Waals surface area contributed by atoms with E-state index in [1.807, 2.05) is 30.1 Å². The number of likely N-dealkylation sites (N-methyl/N-ethyl adjacent to an activating group) is 1. The minimum atomic E-state index is -0.140. The van der Waals surface area contributed by atoms with Crippen molar-refractivity contribution >= 4 is 39.3 Å². The minimum Gasteiger partial charge on any atom is -0.454 e. The van der Waals surface area contributed by atoms with Gasteiger partial charge in [-0.05, 0) is 52.8 Å². The maximum Gasteiger partial charge on any atom is 0.239 e. The van der Waals surface area contributed by atoms with E-state index in [1.54, 1.807) is 12.3 Å². The number of amides is 1. The Bertz CT molecular complexity index is 755. The lowest BCUT2D eigenvalue weighted by Gasteiger charge is -2.16. The second-order valence-corrected chi connectivity index (χ2v) is 6.72. The zero-order valence-corrected chi connectivity index (χ0v) is 15.2. The number of fused-ring (bicyclic) bond motifs is 1. The van der Waals surface area contributed by atoms with E-state index in [0.29, 0.717) is 28.9 Å². The largest absolute Gasteiger partial charge is 0.454 e. The molecule has 1 amide bonds. The summed E-state index contributed by atoms with van der Waals surface area (Å²) in [7, 11) is 1.85. The van der Waals surface area contributed by atoms with E-state index in [-0.39, 0.29) is 19.2 Å². The Morgan fingerprint density at radius 1 is 1.42 bits per heavy atom. The van der Waals surface area contributed by atoms with Crippen LogP contribution in [0.2, 0.25) is 5.02 Å². The first-order valence-corrected chi connectivity index (χ1v) is 8.36. The highest BCUT2D eigenvalue weighted by Gasteiger charge is 2.19. The minimum absolute atomic E-state index is 0.140. The van der Waals surface area contributed by atoms with Crippen molar-refractivity contribution in [3.63, 3.8) is 0 Å². The fourth-order valence-electron chi connectivity index (χ4n) is 2.36. The van der Waals surface area contributed by atoms with Gasteiger partial charge in [0.15, 0.2) is 11.5 Å². The SMILES string of the molecule is CN(CC(=O)Nc1ccc(Br)cn1)Cc1cc(Cl)c2c(c1)OCO2. The number of pyridine rings is 1. The molecule has 24 heavy (non-hydrogen) atoms. The smallest absolute Gasteiger partial charge is 0.239 e. The number of anilines is 1. The number of carbonyl (C=O) groups excluding carboxylic acids is 1. The Balaban J connectivity index is 1.57. The molecule has 0 fully saturated rings. The van der Waals surface area contributed by atoms with Gasteiger partial charge in [0.25, 0.3) is 0 Å². The van der Waals surface area contributed by atoms with Crippen molar-refractivity contribution < 1.29 is 14.3 Å². The molecule has 126 valence electrons. The number of nitrogens with zero attached hydrogens (tertiary/aromatic N) is 2. The molecule has 0 radical (unpaired) electrons. The Morgan fingerprint density at radius 2 is 2.25 bits per heavy atom. The summed E-state index contributed by atoms with van der Waals surface area (Å²) in [5.41, 5.74) is 0.946. The van der Waals surface area contributed by atoms with Gasteiger partial charge in [0, 0.05) is 17.2 Å². The summed E-state index contributed by atoms with van der Waals surface area (Å²) < 4.78 is 11.5. The Hall–Kier alpha value is -1.83. The number of nitrogens with one attached hydrogen (secondary N) is 1. The molecule has 3 rings (SSSR count). The lowest BCUT2D eigenvalue weighted by Crippen LogP contribution is -2.30. The second kappa shape index (κ2) is 7.38. The summed E-state index contributed by atoms with van der Waals surface area (Å²) in [6.07, 6.45) is 1.63. The number of halogens is 2. The highest BCUT2D eigenvalue weighted by molar-refractivity contribution is 9.10. The number of carbonyl (C=O) groups is 1. The second-order valence-electron chi connectivity index (χ2n) is 5.39. The molecule has 1 aliphatic rings. The van der Waals surface area contributed by atoms with Gasteiger partial charge in [0.05, 0.1) is 11.6 Å². The molecule has 1 aromatic heterocycles. The molecule has 0 aliphatic carbocycles. The predicted octanol–water partition coefficient (Wildman–Crippen LogP) is 3.30. The van der Waals surface area contributed by atoms with Gasteiger partial charge in [-0.3, -0.25) is 9.69 Å². The maximum atomic E-state index is 12.1. The Labute approximate surface area is 152 Å². The Morgan fingerprint density at radius 3 is 3.00 bits per heavy atom. The van der Waals surface area contributed by atoms with Gasteiger partial charge < -0.3 is 14.8 Å². The van der Waals surface area contributed by atoms with Gasteiger partial charge in [0.1, 0.15) is 5.82 Å². The molecule has 2 heterocycles. The van der Waals surface area contributed by atoms with Crippen molar-refractivity contribution in [3.8, 4) is 11.5 Å². The number of rotatable bonds is 5. The number of benzene rings is 1. The zero-order chi connectivity index (χ0) is 17.1. The third-order valence-electron chi connectivity index (χ3n) is 3.35. The molecular formula is C16H15BrClN3O3. The van der Waals surface area contributed by atoms with Crippen molar-refractivity contribution in [2.45, 2.75) is 6.54 Å². The standard InChI is InChI=1S/C16H15BrClN3O3/c1-21(8-15(22)20-14-3-2-11(17)6-19-14)7-10-4-12(18)16-13(5-10)23-9-24-16/h2-6H,7-9H2,1H3,(H,19,20,22). The molecule has 1 aliphatic heterocycles. The van der Waals surface area contributed by atoms with Gasteiger partial charge in [0.2, 0.25) is 12.7 Å². The molecule has 0 atom stereocenters. The molecule has 1 aromatic carbocycles. The van der Waals surface area contributed by atoms with E-state index in [9.17, 15) is 4.79 Å². The van der Waals surface area contributed by atoms with Gasteiger partial charge >= 0.3 is 0 Å². The van der Waals surface area contributed by atoms with Crippen molar-refractivity contribution in [1.82, 2.24) is 9.88 Å². The van der Waals surface area contributed by atoms with E-state index < -0.39 is 0 Å². The van der Waals surface area contributed by atoms with Crippen LogP contribution in [-0.4, -0.2) is 36.2 Å². The highest BCUT2D eigenvalue weighted by atomic mass is 79.9. The lowest BCUT2D eigenvalue weighted by atomic mass is 10.2. The first-order chi connectivity index (χ1) is 11.5. The third kappa shape index (κ3) is 4.17. The number of hydrogen-bond donors (Lipinski definition) is 1. The fraction of sp³-hybridized carbons (Fsp3) is 0.250. The topological polar surface area (TPSA) is 63.7 Å². The zero-order valence-electron chi connectivity index (χ0n) is 12.9. The lowest BCUT2D eigenvalue weighted by molar-refractivity contribution is -0.117. The van der Waals surface area contributed by atoms with E-state index in [1.165, 1.54) is 0 Å². The molecule has 8 heteroatoms. The average Bonchev–Trinajstić information content (AvgIpc) is 2.98. The van der Waals surface area contributed by atoms with E-state index in [2.05, 4.69) is 26.2 Å². The molecule has 0 bridgehead atoms. The van der Waals surface area contributed by atoms with Crippen LogP contribution in [0.5, 0.6) is 11.5 Å². The first-order valence-electron chi connectivity index (χ1n) is 7.19. The highest BCUT2D eigenvalue weighted by Crippen LogP contribution is 2.39. The van der Waals surface area contributed by atoms with Gasteiger partial charge in [-0.1, -0.05) is 11.6 Å². The van der Waals surface area contributed by atoms with E-state index in [4.69, 9.17) is 21.1 Å². The fourth-order valence-corrected chi connectivity index (χ4v) is 2.88.